The number of para-hydroxylation sites is 1. The summed E-state index contributed by atoms with van der Waals surface area (Å²) in [5.74, 6) is -2.34. The maximum absolute atomic E-state index is 13.7. The summed E-state index contributed by atoms with van der Waals surface area (Å²) in [6.45, 7) is 2.91. The third kappa shape index (κ3) is 4.62. The molecule has 1 fully saturated rings. The van der Waals surface area contributed by atoms with E-state index < -0.39 is 33.3 Å². The third-order valence-corrected chi connectivity index (χ3v) is 8.05. The number of anilines is 1. The van der Waals surface area contributed by atoms with Crippen LogP contribution >= 0.6 is 11.8 Å². The van der Waals surface area contributed by atoms with E-state index in [-0.39, 0.29) is 10.6 Å². The zero-order chi connectivity index (χ0) is 22.9. The number of pyridine rings is 1. The number of benzene rings is 2. The van der Waals surface area contributed by atoms with Crippen molar-refractivity contribution in [3.63, 3.8) is 0 Å². The van der Waals surface area contributed by atoms with Gasteiger partial charge < -0.3 is 5.32 Å². The molecule has 4 rings (SSSR count). The quantitative estimate of drug-likeness (QED) is 0.535. The fourth-order valence-electron chi connectivity index (χ4n) is 3.59. The van der Waals surface area contributed by atoms with Crippen molar-refractivity contribution < 1.29 is 22.0 Å². The van der Waals surface area contributed by atoms with Gasteiger partial charge in [0.05, 0.1) is 21.2 Å². The molecule has 6 nitrogen and oxygen atoms in total. The Morgan fingerprint density at radius 2 is 1.81 bits per heavy atom. The molecule has 1 saturated heterocycles. The number of carbonyl (C=O) groups is 1. The minimum atomic E-state index is -3.53. The summed E-state index contributed by atoms with van der Waals surface area (Å²) in [5.41, 5.74) is 0.942. The molecular formula is C22H21F2N3O3S2. The van der Waals surface area contributed by atoms with Gasteiger partial charge in [-0.1, -0.05) is 17.8 Å². The van der Waals surface area contributed by atoms with Crippen molar-refractivity contribution in [2.45, 2.75) is 29.7 Å². The van der Waals surface area contributed by atoms with E-state index in [4.69, 9.17) is 0 Å². The second-order valence-corrected chi connectivity index (χ2v) is 10.4. The molecule has 1 N–H and O–H groups in total. The van der Waals surface area contributed by atoms with Gasteiger partial charge >= 0.3 is 0 Å². The summed E-state index contributed by atoms with van der Waals surface area (Å²) in [6, 6.07) is 9.95. The van der Waals surface area contributed by atoms with Gasteiger partial charge in [0, 0.05) is 18.5 Å². The number of rotatable bonds is 6. The molecule has 0 saturated carbocycles. The number of fused-ring (bicyclic) bond motifs is 1. The van der Waals surface area contributed by atoms with Crippen molar-refractivity contribution >= 4 is 44.3 Å². The molecule has 32 heavy (non-hydrogen) atoms. The highest BCUT2D eigenvalue weighted by Gasteiger charge is 2.27. The van der Waals surface area contributed by atoms with Crippen LogP contribution in [0, 0.1) is 18.6 Å². The fourth-order valence-corrected chi connectivity index (χ4v) is 5.90. The van der Waals surface area contributed by atoms with Gasteiger partial charge in [0.25, 0.3) is 0 Å². The summed E-state index contributed by atoms with van der Waals surface area (Å²) >= 11 is 1.12. The molecule has 0 unspecified atom stereocenters. The molecule has 3 aromatic rings. The summed E-state index contributed by atoms with van der Waals surface area (Å²) in [7, 11) is -3.53. The predicted octanol–water partition coefficient (Wildman–Crippen LogP) is 4.34. The first-order valence-electron chi connectivity index (χ1n) is 10.0. The van der Waals surface area contributed by atoms with Crippen LogP contribution in [0.2, 0.25) is 0 Å². The molecule has 168 valence electrons. The average molecular weight is 478 g/mol. The Bertz CT molecular complexity index is 1270. The van der Waals surface area contributed by atoms with E-state index in [9.17, 15) is 22.0 Å². The first kappa shape index (κ1) is 22.6. The van der Waals surface area contributed by atoms with Gasteiger partial charge in [-0.05, 0) is 61.7 Å². The van der Waals surface area contributed by atoms with Crippen molar-refractivity contribution in [2.24, 2.45) is 0 Å². The lowest BCUT2D eigenvalue weighted by Crippen LogP contribution is -2.27. The zero-order valence-electron chi connectivity index (χ0n) is 17.3. The van der Waals surface area contributed by atoms with Crippen LogP contribution in [0.1, 0.15) is 18.4 Å². The first-order chi connectivity index (χ1) is 15.3. The standard InChI is InChI=1S/C22H21F2N3O3S2/c1-14-11-21(31-13-20(28)26-22-17(23)5-4-6-18(22)24)25-19-8-7-15(12-16(14)19)32(29,30)27-9-2-3-10-27/h4-8,11-12H,2-3,9-10,13H2,1H3,(H,26,28). The predicted molar refractivity (Wildman–Crippen MR) is 120 cm³/mol. The van der Waals surface area contributed by atoms with Crippen molar-refractivity contribution in [2.75, 3.05) is 24.2 Å². The molecule has 1 aliphatic heterocycles. The van der Waals surface area contributed by atoms with Crippen LogP contribution in [-0.2, 0) is 14.8 Å². The van der Waals surface area contributed by atoms with Gasteiger partial charge in [0.15, 0.2) is 0 Å². The van der Waals surface area contributed by atoms with Crippen LogP contribution in [0.3, 0.4) is 0 Å². The molecule has 2 aromatic carbocycles. The Labute approximate surface area is 189 Å². The number of hydrogen-bond acceptors (Lipinski definition) is 5. The van der Waals surface area contributed by atoms with Crippen molar-refractivity contribution in [1.29, 1.82) is 0 Å². The summed E-state index contributed by atoms with van der Waals surface area (Å²) in [5, 5.41) is 3.51. The SMILES string of the molecule is Cc1cc(SCC(=O)Nc2c(F)cccc2F)nc2ccc(S(=O)(=O)N3CCCC3)cc12. The van der Waals surface area contributed by atoms with Gasteiger partial charge in [-0.25, -0.2) is 22.2 Å². The monoisotopic (exact) mass is 477 g/mol. The highest BCUT2D eigenvalue weighted by atomic mass is 32.2. The van der Waals surface area contributed by atoms with Crippen LogP contribution in [0.25, 0.3) is 10.9 Å². The van der Waals surface area contributed by atoms with Gasteiger partial charge in [-0.3, -0.25) is 4.79 Å². The molecule has 0 radical (unpaired) electrons. The first-order valence-corrected chi connectivity index (χ1v) is 12.5. The Hall–Kier alpha value is -2.56. The molecule has 2 heterocycles. The van der Waals surface area contributed by atoms with E-state index in [1.54, 1.807) is 24.3 Å². The van der Waals surface area contributed by atoms with Crippen LogP contribution < -0.4 is 5.32 Å². The maximum atomic E-state index is 13.7. The molecule has 1 amide bonds. The maximum Gasteiger partial charge on any atom is 0.243 e. The number of hydrogen-bond donors (Lipinski definition) is 1. The van der Waals surface area contributed by atoms with Crippen molar-refractivity contribution in [3.8, 4) is 0 Å². The Balaban J connectivity index is 1.50. The van der Waals surface area contributed by atoms with E-state index in [1.807, 2.05) is 6.92 Å². The van der Waals surface area contributed by atoms with Crippen LogP contribution in [-0.4, -0.2) is 42.5 Å². The number of carbonyl (C=O) groups excluding carboxylic acids is 1. The molecule has 1 aliphatic rings. The Morgan fingerprint density at radius 3 is 2.50 bits per heavy atom. The second-order valence-electron chi connectivity index (χ2n) is 7.50. The van der Waals surface area contributed by atoms with Gasteiger partial charge in [-0.2, -0.15) is 4.31 Å². The van der Waals surface area contributed by atoms with Crippen LogP contribution in [0.15, 0.2) is 52.4 Å². The summed E-state index contributed by atoms with van der Waals surface area (Å²) in [6.07, 6.45) is 1.73. The molecule has 0 spiro atoms. The highest BCUT2D eigenvalue weighted by Crippen LogP contribution is 2.28. The number of halogens is 2. The highest BCUT2D eigenvalue weighted by molar-refractivity contribution is 7.99. The molecule has 0 bridgehead atoms. The number of aryl methyl sites for hydroxylation is 1. The number of aromatic nitrogens is 1. The lowest BCUT2D eigenvalue weighted by Gasteiger charge is -2.16. The number of amides is 1. The van der Waals surface area contributed by atoms with E-state index in [2.05, 4.69) is 10.3 Å². The number of nitrogens with one attached hydrogen (secondary N) is 1. The lowest BCUT2D eigenvalue weighted by atomic mass is 10.1. The largest absolute Gasteiger partial charge is 0.320 e. The normalized spacial score (nSPS) is 14.7. The molecule has 0 atom stereocenters. The van der Waals surface area contributed by atoms with E-state index in [0.717, 1.165) is 42.3 Å². The van der Waals surface area contributed by atoms with Crippen LogP contribution in [0.4, 0.5) is 14.5 Å². The molecule has 10 heteroatoms. The number of thioether (sulfide) groups is 1. The Kier molecular flexibility index (Phi) is 6.45. The van der Waals surface area contributed by atoms with E-state index in [0.29, 0.717) is 29.0 Å². The van der Waals surface area contributed by atoms with E-state index in [1.165, 1.54) is 10.4 Å². The fraction of sp³-hybridized carbons (Fsp3) is 0.273. The van der Waals surface area contributed by atoms with Crippen molar-refractivity contribution in [3.05, 3.63) is 59.7 Å². The van der Waals surface area contributed by atoms with Gasteiger partial charge in [-0.15, -0.1) is 0 Å². The average Bonchev–Trinajstić information content (AvgIpc) is 3.31. The molecular weight excluding hydrogens is 456 g/mol. The minimum absolute atomic E-state index is 0.0901. The summed E-state index contributed by atoms with van der Waals surface area (Å²) in [4.78, 5) is 16.9. The Morgan fingerprint density at radius 1 is 1.12 bits per heavy atom. The number of nitrogens with zero attached hydrogens (tertiary/aromatic N) is 2. The zero-order valence-corrected chi connectivity index (χ0v) is 18.9. The smallest absolute Gasteiger partial charge is 0.243 e. The van der Waals surface area contributed by atoms with Crippen molar-refractivity contribution in [1.82, 2.24) is 9.29 Å². The molecule has 1 aromatic heterocycles. The summed E-state index contributed by atoms with van der Waals surface area (Å²) < 4.78 is 54.6. The molecule has 0 aliphatic carbocycles. The van der Waals surface area contributed by atoms with Crippen LogP contribution in [0.5, 0.6) is 0 Å². The van der Waals surface area contributed by atoms with Gasteiger partial charge in [0.1, 0.15) is 17.3 Å². The minimum Gasteiger partial charge on any atom is -0.320 e. The van der Waals surface area contributed by atoms with Gasteiger partial charge in [0.2, 0.25) is 15.9 Å². The second kappa shape index (κ2) is 9.13. The third-order valence-electron chi connectivity index (χ3n) is 5.24. The lowest BCUT2D eigenvalue weighted by molar-refractivity contribution is -0.113. The topological polar surface area (TPSA) is 79.4 Å². The van der Waals surface area contributed by atoms with E-state index >= 15 is 0 Å². The number of sulfonamides is 1.